The average molecular weight is 256 g/mol. The van der Waals surface area contributed by atoms with Gasteiger partial charge in [0.05, 0.1) is 18.4 Å². The smallest absolute Gasteiger partial charge is 0.233 e. The van der Waals surface area contributed by atoms with Crippen molar-refractivity contribution in [3.05, 3.63) is 52.9 Å². The Kier molecular flexibility index (Phi) is 2.78. The number of nitrogens with zero attached hydrogens (tertiary/aromatic N) is 1. The van der Waals surface area contributed by atoms with E-state index in [0.29, 0.717) is 0 Å². The Balaban J connectivity index is 2.06. The van der Waals surface area contributed by atoms with Crippen molar-refractivity contribution in [3.63, 3.8) is 0 Å². The summed E-state index contributed by atoms with van der Waals surface area (Å²) in [5, 5.41) is 7.26. The topological polar surface area (TPSA) is 47.3 Å². The second kappa shape index (κ2) is 4.46. The Morgan fingerprint density at radius 2 is 1.95 bits per heavy atom. The summed E-state index contributed by atoms with van der Waals surface area (Å²) in [5.41, 5.74) is 4.31. The maximum atomic E-state index is 5.33. The molecule has 0 radical (unpaired) electrons. The summed E-state index contributed by atoms with van der Waals surface area (Å²) >= 11 is 0. The first kappa shape index (κ1) is 11.8. The highest BCUT2D eigenvalue weighted by Crippen LogP contribution is 2.38. The zero-order valence-corrected chi connectivity index (χ0v) is 11.2. The van der Waals surface area contributed by atoms with Gasteiger partial charge in [-0.25, -0.2) is 0 Å². The lowest BCUT2D eigenvalue weighted by atomic mass is 9.88. The van der Waals surface area contributed by atoms with Crippen molar-refractivity contribution in [2.24, 2.45) is 0 Å². The van der Waals surface area contributed by atoms with E-state index in [2.05, 4.69) is 28.7 Å². The van der Waals surface area contributed by atoms with Gasteiger partial charge < -0.3 is 14.6 Å². The van der Waals surface area contributed by atoms with Crippen molar-refractivity contribution in [3.8, 4) is 5.75 Å². The van der Waals surface area contributed by atoms with Crippen molar-refractivity contribution >= 4 is 5.88 Å². The molecule has 1 aliphatic heterocycles. The number of hydrogen-bond acceptors (Lipinski definition) is 4. The molecule has 0 aliphatic carbocycles. The van der Waals surface area contributed by atoms with E-state index in [9.17, 15) is 0 Å². The Hall–Kier alpha value is -2.23. The van der Waals surface area contributed by atoms with Crippen molar-refractivity contribution < 1.29 is 9.26 Å². The zero-order chi connectivity index (χ0) is 13.4. The van der Waals surface area contributed by atoms with E-state index >= 15 is 0 Å². The van der Waals surface area contributed by atoms with Crippen LogP contribution in [0.5, 0.6) is 5.75 Å². The van der Waals surface area contributed by atoms with E-state index in [1.165, 1.54) is 5.56 Å². The van der Waals surface area contributed by atoms with Crippen LogP contribution in [0, 0.1) is 6.92 Å². The van der Waals surface area contributed by atoms with Gasteiger partial charge in [0.15, 0.2) is 0 Å². The lowest BCUT2D eigenvalue weighted by Crippen LogP contribution is -2.10. The van der Waals surface area contributed by atoms with Crippen LogP contribution in [0.15, 0.2) is 40.6 Å². The molecule has 0 bridgehead atoms. The molecule has 4 nitrogen and oxygen atoms in total. The molecular formula is C15H16N2O2. The molecule has 1 aromatic carbocycles. The summed E-state index contributed by atoms with van der Waals surface area (Å²) in [6.07, 6.45) is 2.19. The van der Waals surface area contributed by atoms with Gasteiger partial charge in [0.2, 0.25) is 5.88 Å². The first-order valence-electron chi connectivity index (χ1n) is 6.24. The number of anilines is 1. The maximum absolute atomic E-state index is 5.33. The van der Waals surface area contributed by atoms with Crippen LogP contribution in [0.2, 0.25) is 0 Å². The standard InChI is InChI=1S/C15H16N2O2/c1-9-8-13(11-4-6-12(18-3)7-5-11)14-10(2)17-19-15(14)16-9/h4-8,13,16H,1-3H3. The third kappa shape index (κ3) is 1.99. The van der Waals surface area contributed by atoms with E-state index in [1.807, 2.05) is 26.0 Å². The van der Waals surface area contributed by atoms with Gasteiger partial charge in [0.1, 0.15) is 5.75 Å². The zero-order valence-electron chi connectivity index (χ0n) is 11.2. The molecule has 3 rings (SSSR count). The van der Waals surface area contributed by atoms with Gasteiger partial charge in [0, 0.05) is 11.6 Å². The molecule has 1 unspecified atom stereocenters. The lowest BCUT2D eigenvalue weighted by Gasteiger charge is -2.20. The van der Waals surface area contributed by atoms with Crippen molar-refractivity contribution in [2.45, 2.75) is 19.8 Å². The SMILES string of the molecule is COc1ccc(C2C=C(C)Nc3onc(C)c32)cc1. The molecule has 2 aromatic rings. The van der Waals surface area contributed by atoms with Gasteiger partial charge in [-0.2, -0.15) is 0 Å². The molecule has 1 N–H and O–H groups in total. The number of nitrogens with one attached hydrogen (secondary N) is 1. The van der Waals surface area contributed by atoms with Crippen LogP contribution in [0.4, 0.5) is 5.88 Å². The predicted octanol–water partition coefficient (Wildman–Crippen LogP) is 3.45. The fraction of sp³-hybridized carbons (Fsp3) is 0.267. The number of aryl methyl sites for hydroxylation is 1. The summed E-state index contributed by atoms with van der Waals surface area (Å²) in [6, 6.07) is 8.11. The number of allylic oxidation sites excluding steroid dienone is 2. The monoisotopic (exact) mass is 256 g/mol. The van der Waals surface area contributed by atoms with Crippen LogP contribution in [-0.4, -0.2) is 12.3 Å². The molecule has 2 heterocycles. The minimum absolute atomic E-state index is 0.174. The van der Waals surface area contributed by atoms with E-state index in [1.54, 1.807) is 7.11 Å². The summed E-state index contributed by atoms with van der Waals surface area (Å²) in [7, 11) is 1.67. The van der Waals surface area contributed by atoms with Gasteiger partial charge in [-0.3, -0.25) is 0 Å². The van der Waals surface area contributed by atoms with E-state index in [-0.39, 0.29) is 5.92 Å². The van der Waals surface area contributed by atoms with Crippen molar-refractivity contribution in [1.82, 2.24) is 5.16 Å². The molecule has 19 heavy (non-hydrogen) atoms. The third-order valence-corrected chi connectivity index (χ3v) is 3.42. The fourth-order valence-corrected chi connectivity index (χ4v) is 2.46. The van der Waals surface area contributed by atoms with Gasteiger partial charge in [-0.15, -0.1) is 0 Å². The highest BCUT2D eigenvalue weighted by atomic mass is 16.5. The maximum Gasteiger partial charge on any atom is 0.233 e. The molecule has 1 atom stereocenters. The van der Waals surface area contributed by atoms with Crippen LogP contribution < -0.4 is 10.1 Å². The second-order valence-corrected chi connectivity index (χ2v) is 4.74. The number of methoxy groups -OCH3 is 1. The largest absolute Gasteiger partial charge is 0.497 e. The Labute approximate surface area is 112 Å². The molecule has 98 valence electrons. The van der Waals surface area contributed by atoms with Gasteiger partial charge >= 0.3 is 0 Å². The third-order valence-electron chi connectivity index (χ3n) is 3.42. The number of hydrogen-bond donors (Lipinski definition) is 1. The van der Waals surface area contributed by atoms with Crippen LogP contribution >= 0.6 is 0 Å². The molecule has 1 aliphatic rings. The molecule has 1 aromatic heterocycles. The predicted molar refractivity (Wildman–Crippen MR) is 73.5 cm³/mol. The summed E-state index contributed by atoms with van der Waals surface area (Å²) in [4.78, 5) is 0. The van der Waals surface area contributed by atoms with Gasteiger partial charge in [-0.1, -0.05) is 23.4 Å². The van der Waals surface area contributed by atoms with Crippen molar-refractivity contribution in [2.75, 3.05) is 12.4 Å². The van der Waals surface area contributed by atoms with E-state index in [4.69, 9.17) is 9.26 Å². The number of fused-ring (bicyclic) bond motifs is 1. The summed E-state index contributed by atoms with van der Waals surface area (Å²) in [6.45, 7) is 3.99. The second-order valence-electron chi connectivity index (χ2n) is 4.74. The summed E-state index contributed by atoms with van der Waals surface area (Å²) < 4.78 is 10.5. The fourth-order valence-electron chi connectivity index (χ4n) is 2.46. The van der Waals surface area contributed by atoms with Crippen LogP contribution in [-0.2, 0) is 0 Å². The quantitative estimate of drug-likeness (QED) is 0.894. The number of aromatic nitrogens is 1. The van der Waals surface area contributed by atoms with Gasteiger partial charge in [-0.05, 0) is 31.5 Å². The number of benzene rings is 1. The molecule has 0 fully saturated rings. The molecule has 0 spiro atoms. The highest BCUT2D eigenvalue weighted by molar-refractivity contribution is 5.58. The Morgan fingerprint density at radius 3 is 2.63 bits per heavy atom. The van der Waals surface area contributed by atoms with Crippen molar-refractivity contribution in [1.29, 1.82) is 0 Å². The van der Waals surface area contributed by atoms with E-state index in [0.717, 1.165) is 28.6 Å². The van der Waals surface area contributed by atoms with Crippen LogP contribution in [0.25, 0.3) is 0 Å². The first-order valence-corrected chi connectivity index (χ1v) is 6.24. The minimum Gasteiger partial charge on any atom is -0.497 e. The van der Waals surface area contributed by atoms with Crippen LogP contribution in [0.3, 0.4) is 0 Å². The highest BCUT2D eigenvalue weighted by Gasteiger charge is 2.26. The lowest BCUT2D eigenvalue weighted by molar-refractivity contribution is 0.414. The van der Waals surface area contributed by atoms with E-state index < -0.39 is 0 Å². The molecular weight excluding hydrogens is 240 g/mol. The minimum atomic E-state index is 0.174. The average Bonchev–Trinajstić information content (AvgIpc) is 2.79. The molecule has 0 amide bonds. The van der Waals surface area contributed by atoms with Crippen LogP contribution in [0.1, 0.15) is 29.7 Å². The molecule has 0 saturated heterocycles. The number of ether oxygens (including phenoxy) is 1. The Morgan fingerprint density at radius 1 is 1.21 bits per heavy atom. The first-order chi connectivity index (χ1) is 9.19. The molecule has 4 heteroatoms. The number of rotatable bonds is 2. The Bertz CT molecular complexity index is 626. The normalized spacial score (nSPS) is 17.4. The summed E-state index contributed by atoms with van der Waals surface area (Å²) in [5.74, 6) is 1.78. The van der Waals surface area contributed by atoms with Gasteiger partial charge in [0.25, 0.3) is 0 Å². The molecule has 0 saturated carbocycles.